The smallest absolute Gasteiger partial charge is 0.323 e. The fraction of sp³-hybridized carbons (Fsp3) is 0.636. The van der Waals surface area contributed by atoms with E-state index in [2.05, 4.69) is 36.7 Å². The zero-order valence-corrected chi connectivity index (χ0v) is 30.4. The third-order valence-electron chi connectivity index (χ3n) is 7.63. The molecule has 4 unspecified atom stereocenters. The first kappa shape index (κ1) is 38.8. The van der Waals surface area contributed by atoms with Gasteiger partial charge in [-0.15, -0.1) is 0 Å². The molecule has 12 heteroatoms. The summed E-state index contributed by atoms with van der Waals surface area (Å²) in [5, 5.41) is 5.64. The summed E-state index contributed by atoms with van der Waals surface area (Å²) in [5.41, 5.74) is 3.58. The fourth-order valence-electron chi connectivity index (χ4n) is 5.54. The molecule has 0 bridgehead atoms. The number of rotatable bonds is 18. The number of ether oxygens (including phenoxy) is 2. The van der Waals surface area contributed by atoms with Gasteiger partial charge >= 0.3 is 27.0 Å². The van der Waals surface area contributed by atoms with Crippen molar-refractivity contribution in [2.75, 3.05) is 26.5 Å². The molecule has 1 aliphatic carbocycles. The van der Waals surface area contributed by atoms with E-state index in [1.165, 1.54) is 18.9 Å². The molecule has 10 nitrogen and oxygen atoms in total. The van der Waals surface area contributed by atoms with Gasteiger partial charge in [0.25, 0.3) is 0 Å². The molecule has 0 amide bonds. The van der Waals surface area contributed by atoms with Crippen molar-refractivity contribution in [2.24, 2.45) is 5.92 Å². The fourth-order valence-corrected chi connectivity index (χ4v) is 8.31. The summed E-state index contributed by atoms with van der Waals surface area (Å²) < 4.78 is 50.7. The highest BCUT2D eigenvalue weighted by Crippen LogP contribution is 2.53. The van der Waals surface area contributed by atoms with Crippen LogP contribution in [0.4, 0.5) is 0 Å². The summed E-state index contributed by atoms with van der Waals surface area (Å²) >= 11 is 0. The number of hydrogen-bond acceptors (Lipinski definition) is 8. The maximum Gasteiger partial charge on any atom is 0.323 e. The lowest BCUT2D eigenvalue weighted by Crippen LogP contribution is -2.34. The summed E-state index contributed by atoms with van der Waals surface area (Å²) in [7, 11) is -7.29. The molecule has 0 saturated heterocycles. The van der Waals surface area contributed by atoms with Gasteiger partial charge in [0.15, 0.2) is 0 Å². The maximum absolute atomic E-state index is 13.9. The van der Waals surface area contributed by atoms with Crippen LogP contribution in [0.5, 0.6) is 11.5 Å². The van der Waals surface area contributed by atoms with Gasteiger partial charge in [0.2, 0.25) is 0 Å². The molecule has 0 saturated carbocycles. The average molecular weight is 669 g/mol. The van der Waals surface area contributed by atoms with Gasteiger partial charge in [-0.3, -0.25) is 18.7 Å². The number of aryl methyl sites for hydroxylation is 1. The maximum atomic E-state index is 13.9. The highest BCUT2D eigenvalue weighted by Gasteiger charge is 2.36. The SMILES string of the molecule is C=C(C)C1CCC(C)=CC1c1c(OP(C)(=O)N[C@@H](C)C(=O)OCC)cc(CCCCC)cc1OP(C)(=O)N[C@@H](C)C(=O)OCC. The van der Waals surface area contributed by atoms with Crippen LogP contribution in [0.2, 0.25) is 0 Å². The van der Waals surface area contributed by atoms with Crippen LogP contribution in [0.1, 0.15) is 97.6 Å². The van der Waals surface area contributed by atoms with Gasteiger partial charge in [-0.2, -0.15) is 0 Å². The Bertz CT molecular complexity index is 1260. The molecule has 0 aliphatic heterocycles. The van der Waals surface area contributed by atoms with Crippen molar-refractivity contribution in [3.63, 3.8) is 0 Å². The van der Waals surface area contributed by atoms with E-state index in [1.807, 2.05) is 19.1 Å². The molecule has 6 atom stereocenters. The molecule has 0 heterocycles. The lowest BCUT2D eigenvalue weighted by Gasteiger charge is -2.34. The number of unbranched alkanes of at least 4 members (excludes halogenated alkanes) is 2. The first-order valence-corrected chi connectivity index (χ1v) is 20.1. The minimum absolute atomic E-state index is 0.00894. The van der Waals surface area contributed by atoms with E-state index in [4.69, 9.17) is 18.5 Å². The molecule has 0 spiro atoms. The molecule has 1 aromatic rings. The number of nitrogens with one attached hydrogen (secondary N) is 2. The minimum atomic E-state index is -3.65. The Labute approximate surface area is 270 Å². The Morgan fingerprint density at radius 3 is 1.84 bits per heavy atom. The van der Waals surface area contributed by atoms with Crippen molar-refractivity contribution in [3.05, 3.63) is 47.1 Å². The molecule has 2 rings (SSSR count). The quantitative estimate of drug-likeness (QED) is 0.0689. The Morgan fingerprint density at radius 1 is 0.933 bits per heavy atom. The van der Waals surface area contributed by atoms with Crippen LogP contribution in [0.15, 0.2) is 35.9 Å². The second kappa shape index (κ2) is 17.5. The Hall–Kier alpha value is -2.38. The van der Waals surface area contributed by atoms with Gasteiger partial charge in [-0.25, -0.2) is 10.2 Å². The minimum Gasteiger partial charge on any atom is -0.465 e. The van der Waals surface area contributed by atoms with Crippen LogP contribution >= 0.6 is 15.0 Å². The Morgan fingerprint density at radius 2 is 1.42 bits per heavy atom. The summed E-state index contributed by atoms with van der Waals surface area (Å²) in [6, 6.07) is 1.98. The molecular formula is C33H54N2O8P2. The van der Waals surface area contributed by atoms with E-state index in [0.717, 1.165) is 43.2 Å². The summed E-state index contributed by atoms with van der Waals surface area (Å²) in [5.74, 6) is -0.723. The summed E-state index contributed by atoms with van der Waals surface area (Å²) in [6.45, 7) is 20.2. The molecule has 0 fully saturated rings. The van der Waals surface area contributed by atoms with Gasteiger partial charge in [0, 0.05) is 24.8 Å². The lowest BCUT2D eigenvalue weighted by molar-refractivity contribution is -0.145. The number of hydrogen-bond donors (Lipinski definition) is 2. The second-order valence-corrected chi connectivity index (χ2v) is 16.3. The normalized spacial score (nSPS) is 20.5. The molecule has 45 heavy (non-hydrogen) atoms. The van der Waals surface area contributed by atoms with Gasteiger partial charge in [-0.1, -0.05) is 43.6 Å². The largest absolute Gasteiger partial charge is 0.465 e. The molecule has 1 aromatic carbocycles. The number of carbonyl (C=O) groups is 2. The zero-order chi connectivity index (χ0) is 33.9. The topological polar surface area (TPSA) is 129 Å². The third-order valence-corrected chi connectivity index (χ3v) is 10.4. The Balaban J connectivity index is 2.75. The van der Waals surface area contributed by atoms with E-state index in [1.54, 1.807) is 27.7 Å². The molecule has 1 aliphatic rings. The summed E-state index contributed by atoms with van der Waals surface area (Å²) in [6.07, 6.45) is 7.48. The number of benzene rings is 1. The van der Waals surface area contributed by atoms with Gasteiger partial charge in [0.1, 0.15) is 23.6 Å². The first-order chi connectivity index (χ1) is 21.0. The number of esters is 2. The number of carbonyl (C=O) groups excluding carboxylic acids is 2. The molecular weight excluding hydrogens is 614 g/mol. The average Bonchev–Trinajstić information content (AvgIpc) is 2.92. The van der Waals surface area contributed by atoms with Crippen molar-refractivity contribution in [2.45, 2.75) is 105 Å². The van der Waals surface area contributed by atoms with Crippen LogP contribution in [0, 0.1) is 5.92 Å². The number of allylic oxidation sites excluding steroid dienone is 3. The molecule has 2 N–H and O–H groups in total. The van der Waals surface area contributed by atoms with Crippen molar-refractivity contribution in [1.29, 1.82) is 0 Å². The van der Waals surface area contributed by atoms with E-state index < -0.39 is 39.1 Å². The van der Waals surface area contributed by atoms with Crippen LogP contribution in [0.3, 0.4) is 0 Å². The summed E-state index contributed by atoms with van der Waals surface area (Å²) in [4.78, 5) is 24.7. The highest BCUT2D eigenvalue weighted by molar-refractivity contribution is 7.56. The highest BCUT2D eigenvalue weighted by atomic mass is 31.2. The van der Waals surface area contributed by atoms with Gasteiger partial charge in [-0.05, 0) is 90.8 Å². The molecule has 254 valence electrons. The van der Waals surface area contributed by atoms with Crippen molar-refractivity contribution in [1.82, 2.24) is 10.2 Å². The first-order valence-electron chi connectivity index (χ1n) is 16.0. The van der Waals surface area contributed by atoms with Crippen molar-refractivity contribution < 1.29 is 37.2 Å². The van der Waals surface area contributed by atoms with Crippen LogP contribution in [0.25, 0.3) is 0 Å². The van der Waals surface area contributed by atoms with E-state index in [9.17, 15) is 18.7 Å². The van der Waals surface area contributed by atoms with E-state index >= 15 is 0 Å². The monoisotopic (exact) mass is 668 g/mol. The Kier molecular flexibility index (Phi) is 15.1. The standard InChI is InChI=1S/C33H54N2O8P2/c1-11-14-15-16-26-20-29(42-44(9,38)34-24(7)32(36)40-12-2)31(28-19-23(6)17-18-27(28)22(4)5)30(21-26)43-45(10,39)35-25(8)33(37)41-13-3/h19-21,24-25,27-28H,4,11-18H2,1-3,5-10H3,(H,34,38)(H,35,39)/t24-,25-,27?,28?,44?,45?/m0/s1. The molecule has 0 radical (unpaired) electrons. The zero-order valence-electron chi connectivity index (χ0n) is 28.6. The predicted octanol–water partition coefficient (Wildman–Crippen LogP) is 7.92. The third kappa shape index (κ3) is 12.1. The van der Waals surface area contributed by atoms with Gasteiger partial charge in [0.05, 0.1) is 13.2 Å². The van der Waals surface area contributed by atoms with Crippen molar-refractivity contribution >= 4 is 27.0 Å². The van der Waals surface area contributed by atoms with E-state index in [-0.39, 0.29) is 25.0 Å². The second-order valence-electron chi connectivity index (χ2n) is 12.1. The van der Waals surface area contributed by atoms with Crippen LogP contribution in [-0.4, -0.2) is 50.6 Å². The predicted molar refractivity (Wildman–Crippen MR) is 180 cm³/mol. The molecule has 0 aromatic heterocycles. The van der Waals surface area contributed by atoms with Gasteiger partial charge < -0.3 is 18.5 Å². The van der Waals surface area contributed by atoms with Crippen LogP contribution in [-0.2, 0) is 34.6 Å². The van der Waals surface area contributed by atoms with Crippen molar-refractivity contribution in [3.8, 4) is 11.5 Å². The van der Waals surface area contributed by atoms with E-state index in [0.29, 0.717) is 23.5 Å². The van der Waals surface area contributed by atoms with Crippen LogP contribution < -0.4 is 19.2 Å². The lowest BCUT2D eigenvalue weighted by atomic mass is 9.73.